The number of para-hydroxylation sites is 1. The number of hydrogen-bond acceptors (Lipinski definition) is 3. The molecule has 2 N–H and O–H groups in total. The average molecular weight is 370 g/mol. The van der Waals surface area contributed by atoms with Crippen molar-refractivity contribution < 1.29 is 14.9 Å². The number of halogens is 1. The molecule has 0 aliphatic heterocycles. The van der Waals surface area contributed by atoms with E-state index in [2.05, 4.69) is 22.6 Å². The van der Waals surface area contributed by atoms with E-state index in [1.165, 1.54) is 0 Å². The Bertz CT molecular complexity index is 516. The first-order valence-electron chi connectivity index (χ1n) is 5.97. The van der Waals surface area contributed by atoms with E-state index >= 15 is 0 Å². The van der Waals surface area contributed by atoms with Gasteiger partial charge in [0, 0.05) is 0 Å². The van der Waals surface area contributed by atoms with Gasteiger partial charge in [0.1, 0.15) is 11.9 Å². The van der Waals surface area contributed by atoms with E-state index in [4.69, 9.17) is 4.74 Å². The van der Waals surface area contributed by atoms with Gasteiger partial charge in [-0.3, -0.25) is 0 Å². The number of rotatable bonds is 5. The minimum absolute atomic E-state index is 0.344. The molecule has 0 aliphatic carbocycles. The van der Waals surface area contributed by atoms with Crippen molar-refractivity contribution in [3.8, 4) is 5.75 Å². The molecule has 0 heterocycles. The number of aliphatic hydroxyl groups excluding tert-OH is 2. The van der Waals surface area contributed by atoms with E-state index in [1.54, 1.807) is 0 Å². The van der Waals surface area contributed by atoms with Crippen LogP contribution in [0.25, 0.3) is 0 Å². The summed E-state index contributed by atoms with van der Waals surface area (Å²) < 4.78 is 6.83. The normalized spacial score (nSPS) is 13.8. The Morgan fingerprint density at radius 2 is 1.63 bits per heavy atom. The minimum atomic E-state index is -0.960. The fourth-order valence-electron chi connectivity index (χ4n) is 1.78. The average Bonchev–Trinajstić information content (AvgIpc) is 2.46. The van der Waals surface area contributed by atoms with Gasteiger partial charge in [0.05, 0.1) is 10.2 Å². The van der Waals surface area contributed by atoms with Crippen molar-refractivity contribution in [2.45, 2.75) is 12.2 Å². The molecule has 100 valence electrons. The van der Waals surface area contributed by atoms with Gasteiger partial charge >= 0.3 is 0 Å². The number of ether oxygens (including phenoxy) is 1. The van der Waals surface area contributed by atoms with Crippen LogP contribution in [0.3, 0.4) is 0 Å². The summed E-state index contributed by atoms with van der Waals surface area (Å²) >= 11 is 2.18. The summed E-state index contributed by atoms with van der Waals surface area (Å²) in [7, 11) is 0. The first-order chi connectivity index (χ1) is 9.22. The molecule has 0 amide bonds. The molecule has 2 atom stereocenters. The number of aliphatic hydroxyl groups is 2. The highest BCUT2D eigenvalue weighted by atomic mass is 127. The molecule has 0 unspecified atom stereocenters. The third-order valence-corrected chi connectivity index (χ3v) is 3.65. The Balaban J connectivity index is 2.27. The molecule has 2 rings (SSSR count). The Hall–Kier alpha value is -1.11. The fraction of sp³-hybridized carbons (Fsp3) is 0.200. The van der Waals surface area contributed by atoms with Gasteiger partial charge in [-0.25, -0.2) is 0 Å². The Morgan fingerprint density at radius 1 is 1.00 bits per heavy atom. The maximum Gasteiger partial charge on any atom is 0.152 e. The molecule has 0 bridgehead atoms. The second-order valence-corrected chi connectivity index (χ2v) is 5.29. The maximum absolute atomic E-state index is 9.95. The molecule has 0 radical (unpaired) electrons. The van der Waals surface area contributed by atoms with Crippen molar-refractivity contribution in [1.29, 1.82) is 0 Å². The summed E-state index contributed by atoms with van der Waals surface area (Å²) in [6.45, 7) is -0.344. The predicted octanol–water partition coefficient (Wildman–Crippen LogP) is 2.76. The monoisotopic (exact) mass is 370 g/mol. The predicted molar refractivity (Wildman–Crippen MR) is 82.1 cm³/mol. The molecule has 2 aromatic rings. The van der Waals surface area contributed by atoms with Crippen LogP contribution < -0.4 is 4.74 Å². The SMILES string of the molecule is OC[C@H](O)[C@H](Oc1ccccc1I)c1ccccc1. The molecule has 3 nitrogen and oxygen atoms in total. The maximum atomic E-state index is 9.95. The lowest BCUT2D eigenvalue weighted by Crippen LogP contribution is -2.27. The summed E-state index contributed by atoms with van der Waals surface area (Å²) in [5, 5.41) is 19.1. The second kappa shape index (κ2) is 6.88. The summed E-state index contributed by atoms with van der Waals surface area (Å²) in [4.78, 5) is 0. The van der Waals surface area contributed by atoms with E-state index in [-0.39, 0.29) is 6.61 Å². The highest BCUT2D eigenvalue weighted by Gasteiger charge is 2.23. The van der Waals surface area contributed by atoms with Gasteiger partial charge in [0.25, 0.3) is 0 Å². The van der Waals surface area contributed by atoms with Crippen LogP contribution in [0.4, 0.5) is 0 Å². The number of hydrogen-bond donors (Lipinski definition) is 2. The standard InChI is InChI=1S/C15H15IO3/c16-12-8-4-5-9-14(12)19-15(13(18)10-17)11-6-2-1-3-7-11/h1-9,13,15,17-18H,10H2/t13-,15+/m0/s1. The third-order valence-electron chi connectivity index (χ3n) is 2.76. The first kappa shape index (κ1) is 14.3. The van der Waals surface area contributed by atoms with Crippen LogP contribution in [-0.4, -0.2) is 22.9 Å². The minimum Gasteiger partial charge on any atom is -0.482 e. The van der Waals surface area contributed by atoms with Crippen molar-refractivity contribution in [1.82, 2.24) is 0 Å². The third kappa shape index (κ3) is 3.68. The molecule has 2 aromatic carbocycles. The zero-order valence-electron chi connectivity index (χ0n) is 10.2. The molecule has 0 aromatic heterocycles. The number of benzene rings is 2. The molecule has 4 heteroatoms. The van der Waals surface area contributed by atoms with Gasteiger partial charge in [-0.1, -0.05) is 42.5 Å². The highest BCUT2D eigenvalue weighted by Crippen LogP contribution is 2.28. The molecule has 0 aliphatic rings. The Labute approximate surface area is 126 Å². The van der Waals surface area contributed by atoms with Crippen LogP contribution in [0.1, 0.15) is 11.7 Å². The fourth-order valence-corrected chi connectivity index (χ4v) is 2.30. The van der Waals surface area contributed by atoms with Gasteiger partial charge in [-0.2, -0.15) is 0 Å². The topological polar surface area (TPSA) is 49.7 Å². The van der Waals surface area contributed by atoms with Crippen molar-refractivity contribution in [3.63, 3.8) is 0 Å². The summed E-state index contributed by atoms with van der Waals surface area (Å²) in [5.41, 5.74) is 0.837. The lowest BCUT2D eigenvalue weighted by Gasteiger charge is -2.24. The van der Waals surface area contributed by atoms with Crippen LogP contribution in [-0.2, 0) is 0 Å². The van der Waals surface area contributed by atoms with Gasteiger partial charge in [-0.15, -0.1) is 0 Å². The lowest BCUT2D eigenvalue weighted by molar-refractivity contribution is -0.00226. The molecule has 0 saturated carbocycles. The molecule has 0 fully saturated rings. The van der Waals surface area contributed by atoms with Crippen molar-refractivity contribution >= 4 is 22.6 Å². The van der Waals surface area contributed by atoms with Crippen molar-refractivity contribution in [2.24, 2.45) is 0 Å². The van der Waals surface area contributed by atoms with Crippen LogP contribution in [0.2, 0.25) is 0 Å². The summed E-state index contributed by atoms with van der Waals surface area (Å²) in [6, 6.07) is 17.0. The lowest BCUT2D eigenvalue weighted by atomic mass is 10.0. The molecule has 0 spiro atoms. The van der Waals surface area contributed by atoms with Crippen LogP contribution in [0.15, 0.2) is 54.6 Å². The zero-order chi connectivity index (χ0) is 13.7. The molecule has 19 heavy (non-hydrogen) atoms. The van der Waals surface area contributed by atoms with Crippen LogP contribution >= 0.6 is 22.6 Å². The summed E-state index contributed by atoms with van der Waals surface area (Å²) in [6.07, 6.45) is -1.54. The van der Waals surface area contributed by atoms with Crippen molar-refractivity contribution in [3.05, 3.63) is 63.7 Å². The van der Waals surface area contributed by atoms with E-state index in [1.807, 2.05) is 54.6 Å². The van der Waals surface area contributed by atoms with E-state index in [0.717, 1.165) is 9.13 Å². The Kier molecular flexibility index (Phi) is 5.18. The summed E-state index contributed by atoms with van der Waals surface area (Å²) in [5.74, 6) is 0.699. The second-order valence-electron chi connectivity index (χ2n) is 4.13. The molecule has 0 saturated heterocycles. The highest BCUT2D eigenvalue weighted by molar-refractivity contribution is 14.1. The van der Waals surface area contributed by atoms with Crippen LogP contribution in [0, 0.1) is 3.57 Å². The van der Waals surface area contributed by atoms with E-state index < -0.39 is 12.2 Å². The zero-order valence-corrected chi connectivity index (χ0v) is 12.4. The van der Waals surface area contributed by atoms with Gasteiger partial charge in [-0.05, 0) is 40.3 Å². The van der Waals surface area contributed by atoms with Gasteiger partial charge in [0.15, 0.2) is 6.10 Å². The Morgan fingerprint density at radius 3 is 2.26 bits per heavy atom. The van der Waals surface area contributed by atoms with E-state index in [9.17, 15) is 10.2 Å². The van der Waals surface area contributed by atoms with Gasteiger partial charge in [0.2, 0.25) is 0 Å². The van der Waals surface area contributed by atoms with Crippen LogP contribution in [0.5, 0.6) is 5.75 Å². The van der Waals surface area contributed by atoms with Gasteiger partial charge < -0.3 is 14.9 Å². The van der Waals surface area contributed by atoms with E-state index in [0.29, 0.717) is 5.75 Å². The molecular weight excluding hydrogens is 355 g/mol. The quantitative estimate of drug-likeness (QED) is 0.796. The largest absolute Gasteiger partial charge is 0.482 e. The molecular formula is C15H15IO3. The van der Waals surface area contributed by atoms with Crippen molar-refractivity contribution in [2.75, 3.05) is 6.61 Å². The first-order valence-corrected chi connectivity index (χ1v) is 7.05. The smallest absolute Gasteiger partial charge is 0.152 e.